The molecule has 0 aromatic heterocycles. The van der Waals surface area contributed by atoms with Crippen molar-refractivity contribution < 1.29 is 4.79 Å². The third-order valence-corrected chi connectivity index (χ3v) is 5.06. The summed E-state index contributed by atoms with van der Waals surface area (Å²) in [7, 11) is 0. The molecule has 1 aliphatic heterocycles. The second-order valence-corrected chi connectivity index (χ2v) is 6.16. The molecular formula is C17H24N2O. The zero-order valence-electron chi connectivity index (χ0n) is 12.3. The molecule has 1 aliphatic carbocycles. The molecule has 3 heteroatoms. The first-order valence-corrected chi connectivity index (χ1v) is 7.92. The Morgan fingerprint density at radius 2 is 2.10 bits per heavy atom. The monoisotopic (exact) mass is 272 g/mol. The van der Waals surface area contributed by atoms with E-state index in [0.717, 1.165) is 44.3 Å². The van der Waals surface area contributed by atoms with E-state index in [2.05, 4.69) is 23.6 Å². The van der Waals surface area contributed by atoms with Crippen molar-refractivity contribution in [1.82, 2.24) is 0 Å². The number of benzene rings is 1. The van der Waals surface area contributed by atoms with Gasteiger partial charge in [0.1, 0.15) is 0 Å². The summed E-state index contributed by atoms with van der Waals surface area (Å²) in [4.78, 5) is 12.7. The number of hydrogen-bond acceptors (Lipinski definition) is 2. The normalized spacial score (nSPS) is 20.1. The zero-order valence-corrected chi connectivity index (χ0v) is 12.3. The van der Waals surface area contributed by atoms with Crippen molar-refractivity contribution in [3.63, 3.8) is 0 Å². The van der Waals surface area contributed by atoms with Crippen LogP contribution in [-0.4, -0.2) is 12.5 Å². The van der Waals surface area contributed by atoms with Crippen LogP contribution in [0.25, 0.3) is 0 Å². The first-order valence-electron chi connectivity index (χ1n) is 7.92. The number of carbonyl (C=O) groups is 1. The van der Waals surface area contributed by atoms with Crippen molar-refractivity contribution in [2.24, 2.45) is 5.41 Å². The molecule has 0 saturated heterocycles. The van der Waals surface area contributed by atoms with E-state index in [4.69, 9.17) is 0 Å². The number of rotatable bonds is 3. The van der Waals surface area contributed by atoms with Crippen LogP contribution in [0.3, 0.4) is 0 Å². The predicted molar refractivity (Wildman–Crippen MR) is 83.1 cm³/mol. The fraction of sp³-hybridized carbons (Fsp3) is 0.588. The molecule has 108 valence electrons. The highest BCUT2D eigenvalue weighted by atomic mass is 16.2. The van der Waals surface area contributed by atoms with Crippen molar-refractivity contribution in [2.45, 2.75) is 51.9 Å². The first-order chi connectivity index (χ1) is 9.75. The van der Waals surface area contributed by atoms with Crippen molar-refractivity contribution in [2.75, 3.05) is 17.2 Å². The fourth-order valence-corrected chi connectivity index (χ4v) is 3.67. The highest BCUT2D eigenvalue weighted by Crippen LogP contribution is 2.42. The Morgan fingerprint density at radius 1 is 1.30 bits per heavy atom. The molecule has 1 aromatic rings. The summed E-state index contributed by atoms with van der Waals surface area (Å²) in [5.41, 5.74) is 3.35. The Balaban J connectivity index is 1.82. The van der Waals surface area contributed by atoms with E-state index in [1.807, 2.05) is 12.1 Å². The number of anilines is 2. The second kappa shape index (κ2) is 5.47. The number of fused-ring (bicyclic) bond motifs is 1. The van der Waals surface area contributed by atoms with E-state index >= 15 is 0 Å². The van der Waals surface area contributed by atoms with Crippen LogP contribution >= 0.6 is 0 Å². The van der Waals surface area contributed by atoms with Crippen LogP contribution in [0.5, 0.6) is 0 Å². The lowest BCUT2D eigenvalue weighted by atomic mass is 9.82. The Kier molecular flexibility index (Phi) is 3.68. The van der Waals surface area contributed by atoms with Gasteiger partial charge in [-0.05, 0) is 49.8 Å². The average molecular weight is 272 g/mol. The summed E-state index contributed by atoms with van der Waals surface area (Å²) in [6, 6.07) is 6.18. The molecule has 0 unspecified atom stereocenters. The Bertz CT molecular complexity index is 504. The van der Waals surface area contributed by atoms with Crippen LogP contribution in [0.1, 0.15) is 51.0 Å². The largest absolute Gasteiger partial charge is 0.385 e. The van der Waals surface area contributed by atoms with Gasteiger partial charge in [0.05, 0.1) is 0 Å². The SMILES string of the molecule is CCC1(C(=O)Nc2cccc3c2CCCN3)CCCC1. The van der Waals surface area contributed by atoms with Gasteiger partial charge in [-0.15, -0.1) is 0 Å². The third kappa shape index (κ3) is 2.30. The maximum absolute atomic E-state index is 12.7. The van der Waals surface area contributed by atoms with Gasteiger partial charge >= 0.3 is 0 Å². The summed E-state index contributed by atoms with van der Waals surface area (Å²) in [6.45, 7) is 3.18. The molecule has 1 fully saturated rings. The van der Waals surface area contributed by atoms with Crippen molar-refractivity contribution in [3.8, 4) is 0 Å². The number of nitrogens with one attached hydrogen (secondary N) is 2. The quantitative estimate of drug-likeness (QED) is 0.874. The highest BCUT2D eigenvalue weighted by Gasteiger charge is 2.39. The zero-order chi connectivity index (χ0) is 14.0. The second-order valence-electron chi connectivity index (χ2n) is 6.16. The lowest BCUT2D eigenvalue weighted by Crippen LogP contribution is -2.33. The van der Waals surface area contributed by atoms with Gasteiger partial charge in [0.2, 0.25) is 5.91 Å². The van der Waals surface area contributed by atoms with E-state index in [-0.39, 0.29) is 11.3 Å². The predicted octanol–water partition coefficient (Wildman–Crippen LogP) is 3.95. The van der Waals surface area contributed by atoms with Gasteiger partial charge < -0.3 is 10.6 Å². The topological polar surface area (TPSA) is 41.1 Å². The maximum atomic E-state index is 12.7. The lowest BCUT2D eigenvalue weighted by Gasteiger charge is -2.28. The molecule has 0 spiro atoms. The van der Waals surface area contributed by atoms with Crippen LogP contribution in [0.2, 0.25) is 0 Å². The summed E-state index contributed by atoms with van der Waals surface area (Å²) in [6.07, 6.45) is 7.61. The van der Waals surface area contributed by atoms with Crippen LogP contribution in [0.4, 0.5) is 11.4 Å². The van der Waals surface area contributed by atoms with E-state index < -0.39 is 0 Å². The molecule has 1 aromatic carbocycles. The summed E-state index contributed by atoms with van der Waals surface area (Å²) >= 11 is 0. The van der Waals surface area contributed by atoms with Gasteiger partial charge in [-0.3, -0.25) is 4.79 Å². The molecule has 0 bridgehead atoms. The number of amides is 1. The van der Waals surface area contributed by atoms with Gasteiger partial charge in [0.25, 0.3) is 0 Å². The maximum Gasteiger partial charge on any atom is 0.230 e. The van der Waals surface area contributed by atoms with Crippen LogP contribution in [0.15, 0.2) is 18.2 Å². The molecule has 2 aliphatic rings. The lowest BCUT2D eigenvalue weighted by molar-refractivity contribution is -0.125. The molecular weight excluding hydrogens is 248 g/mol. The molecule has 3 rings (SSSR count). The summed E-state index contributed by atoms with van der Waals surface area (Å²) < 4.78 is 0. The molecule has 20 heavy (non-hydrogen) atoms. The molecule has 0 radical (unpaired) electrons. The van der Waals surface area contributed by atoms with E-state index in [9.17, 15) is 4.79 Å². The minimum Gasteiger partial charge on any atom is -0.385 e. The van der Waals surface area contributed by atoms with Gasteiger partial charge in [-0.1, -0.05) is 25.8 Å². The van der Waals surface area contributed by atoms with Gasteiger partial charge in [-0.25, -0.2) is 0 Å². The van der Waals surface area contributed by atoms with Crippen LogP contribution in [-0.2, 0) is 11.2 Å². The van der Waals surface area contributed by atoms with Gasteiger partial charge in [0.15, 0.2) is 0 Å². The van der Waals surface area contributed by atoms with E-state index in [1.54, 1.807) is 0 Å². The molecule has 1 saturated carbocycles. The average Bonchev–Trinajstić information content (AvgIpc) is 2.98. The smallest absolute Gasteiger partial charge is 0.230 e. The first kappa shape index (κ1) is 13.5. The van der Waals surface area contributed by atoms with Crippen molar-refractivity contribution in [1.29, 1.82) is 0 Å². The summed E-state index contributed by atoms with van der Waals surface area (Å²) in [5.74, 6) is 0.233. The summed E-state index contributed by atoms with van der Waals surface area (Å²) in [5, 5.41) is 6.64. The Labute approximate surface area is 121 Å². The standard InChI is InChI=1S/C17H24N2O/c1-2-17(10-3-4-11-17)16(20)19-15-9-5-8-14-13(15)7-6-12-18-14/h5,8-9,18H,2-4,6-7,10-12H2,1H3,(H,19,20). The molecule has 3 nitrogen and oxygen atoms in total. The van der Waals surface area contributed by atoms with E-state index in [0.29, 0.717) is 0 Å². The number of carbonyl (C=O) groups excluding carboxylic acids is 1. The van der Waals surface area contributed by atoms with Gasteiger partial charge in [0, 0.05) is 23.3 Å². The number of hydrogen-bond donors (Lipinski definition) is 2. The van der Waals surface area contributed by atoms with Crippen LogP contribution in [0, 0.1) is 5.41 Å². The van der Waals surface area contributed by atoms with Gasteiger partial charge in [-0.2, -0.15) is 0 Å². The molecule has 0 atom stereocenters. The minimum absolute atomic E-state index is 0.120. The molecule has 1 heterocycles. The van der Waals surface area contributed by atoms with Crippen molar-refractivity contribution in [3.05, 3.63) is 23.8 Å². The van der Waals surface area contributed by atoms with Crippen molar-refractivity contribution >= 4 is 17.3 Å². The van der Waals surface area contributed by atoms with E-state index in [1.165, 1.54) is 24.1 Å². The highest BCUT2D eigenvalue weighted by molar-refractivity contribution is 5.96. The fourth-order valence-electron chi connectivity index (χ4n) is 3.67. The third-order valence-electron chi connectivity index (χ3n) is 5.06. The Hall–Kier alpha value is -1.51. The van der Waals surface area contributed by atoms with Crippen LogP contribution < -0.4 is 10.6 Å². The minimum atomic E-state index is -0.120. The molecule has 1 amide bonds. The molecule has 2 N–H and O–H groups in total. The Morgan fingerprint density at radius 3 is 2.85 bits per heavy atom.